The topological polar surface area (TPSA) is 117 Å². The van der Waals surface area contributed by atoms with Crippen LogP contribution in [0, 0.1) is 12.3 Å². The van der Waals surface area contributed by atoms with Gasteiger partial charge < -0.3 is 20.4 Å². The molecule has 0 bridgehead atoms. The second kappa shape index (κ2) is 9.18. The zero-order valence-electron chi connectivity index (χ0n) is 21.5. The number of fused-ring (bicyclic) bond motifs is 1. The Morgan fingerprint density at radius 2 is 1.92 bits per heavy atom. The summed E-state index contributed by atoms with van der Waals surface area (Å²) in [7, 11) is 1.90. The Morgan fingerprint density at radius 1 is 1.15 bits per heavy atom. The normalized spacial score (nSPS) is 22.1. The van der Waals surface area contributed by atoms with Gasteiger partial charge in [0.25, 0.3) is 18.2 Å². The quantitative estimate of drug-likeness (QED) is 0.369. The Hall–Kier alpha value is -4.28. The molecule has 2 saturated carbocycles. The lowest BCUT2D eigenvalue weighted by atomic mass is 9.53. The molecule has 4 aromatic rings. The third-order valence-corrected chi connectivity index (χ3v) is 7.87. The van der Waals surface area contributed by atoms with Gasteiger partial charge in [-0.15, -0.1) is 0 Å². The van der Waals surface area contributed by atoms with Crippen molar-refractivity contribution in [1.82, 2.24) is 24.3 Å². The summed E-state index contributed by atoms with van der Waals surface area (Å²) in [5, 5.41) is 2.97. The Kier molecular flexibility index (Phi) is 5.89. The number of hydrogen-bond donors (Lipinski definition) is 2. The van der Waals surface area contributed by atoms with Crippen molar-refractivity contribution in [2.24, 2.45) is 18.2 Å². The van der Waals surface area contributed by atoms with Crippen molar-refractivity contribution in [1.29, 1.82) is 0 Å². The van der Waals surface area contributed by atoms with Crippen LogP contribution in [0.1, 0.15) is 64.3 Å². The molecule has 202 valence electrons. The molecule has 0 atom stereocenters. The number of ether oxygens (including phenoxy) is 1. The van der Waals surface area contributed by atoms with E-state index in [2.05, 4.69) is 15.3 Å². The van der Waals surface area contributed by atoms with Crippen molar-refractivity contribution in [3.63, 3.8) is 0 Å². The fourth-order valence-electron chi connectivity index (χ4n) is 6.10. The predicted molar refractivity (Wildman–Crippen MR) is 139 cm³/mol. The molecule has 2 amide bonds. The van der Waals surface area contributed by atoms with E-state index in [-0.39, 0.29) is 34.7 Å². The van der Waals surface area contributed by atoms with Gasteiger partial charge in [0.2, 0.25) is 5.88 Å². The van der Waals surface area contributed by atoms with E-state index in [0.717, 1.165) is 42.4 Å². The first kappa shape index (κ1) is 25.0. The highest BCUT2D eigenvalue weighted by molar-refractivity contribution is 5.99. The van der Waals surface area contributed by atoms with Gasteiger partial charge in [-0.25, -0.2) is 18.7 Å². The lowest BCUT2D eigenvalue weighted by Gasteiger charge is -2.57. The standard InChI is InChI=1S/C28H28F2N6O3/c1-15-12-35(2)14-20(15)16-5-6-21-22(34-25(23(29)30)36(21)13-16)26(38)33-17-8-28(9-17)10-18(11-28)39-27-19(24(31)37)4-3-7-32-27/h3-7,12-14,17-18,23H,8-11H2,1-2H3,(H2,31,37)(H,33,38). The summed E-state index contributed by atoms with van der Waals surface area (Å²) in [4.78, 5) is 32.9. The molecule has 0 aromatic carbocycles. The molecular weight excluding hydrogens is 506 g/mol. The molecule has 0 radical (unpaired) electrons. The van der Waals surface area contributed by atoms with E-state index < -0.39 is 24.1 Å². The van der Waals surface area contributed by atoms with E-state index in [9.17, 15) is 18.4 Å². The van der Waals surface area contributed by atoms with Crippen LogP contribution in [0.4, 0.5) is 8.78 Å². The van der Waals surface area contributed by atoms with Gasteiger partial charge in [0.05, 0.1) is 5.52 Å². The number of amides is 2. The molecule has 0 unspecified atom stereocenters. The first-order chi connectivity index (χ1) is 18.6. The van der Waals surface area contributed by atoms with Gasteiger partial charge in [-0.05, 0) is 61.8 Å². The maximum Gasteiger partial charge on any atom is 0.295 e. The van der Waals surface area contributed by atoms with Gasteiger partial charge in [-0.2, -0.15) is 0 Å². The third kappa shape index (κ3) is 4.41. The maximum atomic E-state index is 13.9. The summed E-state index contributed by atoms with van der Waals surface area (Å²) in [5.74, 6) is -1.28. The minimum atomic E-state index is -2.83. The van der Waals surface area contributed by atoms with E-state index in [1.807, 2.05) is 37.0 Å². The number of imidazole rings is 1. The first-order valence-electron chi connectivity index (χ1n) is 12.8. The lowest BCUT2D eigenvalue weighted by molar-refractivity contribution is -0.0848. The highest BCUT2D eigenvalue weighted by Gasteiger charge is 2.54. The van der Waals surface area contributed by atoms with E-state index in [1.54, 1.807) is 30.6 Å². The zero-order chi connectivity index (χ0) is 27.5. The number of primary amides is 1. The monoisotopic (exact) mass is 534 g/mol. The number of rotatable bonds is 7. The number of hydrogen-bond acceptors (Lipinski definition) is 5. The molecule has 11 heteroatoms. The van der Waals surface area contributed by atoms with Crippen LogP contribution in [-0.4, -0.2) is 42.9 Å². The minimum absolute atomic E-state index is 0.00784. The van der Waals surface area contributed by atoms with E-state index in [0.29, 0.717) is 5.52 Å². The number of aryl methyl sites for hydroxylation is 2. The number of nitrogens with zero attached hydrogens (tertiary/aromatic N) is 4. The number of pyridine rings is 2. The van der Waals surface area contributed by atoms with Crippen LogP contribution in [0.2, 0.25) is 0 Å². The molecule has 3 N–H and O–H groups in total. The number of nitrogens with one attached hydrogen (secondary N) is 1. The molecule has 0 aliphatic heterocycles. The molecule has 2 aliphatic rings. The molecule has 2 aliphatic carbocycles. The van der Waals surface area contributed by atoms with Crippen LogP contribution < -0.4 is 15.8 Å². The number of nitrogens with two attached hydrogens (primary N) is 1. The Morgan fingerprint density at radius 3 is 2.59 bits per heavy atom. The first-order valence-corrected chi connectivity index (χ1v) is 12.8. The molecular formula is C28H28F2N6O3. The average Bonchev–Trinajstić information content (AvgIpc) is 3.40. The Bertz CT molecular complexity index is 1600. The Balaban J connectivity index is 1.12. The van der Waals surface area contributed by atoms with Crippen molar-refractivity contribution < 1.29 is 23.1 Å². The second-order valence-electron chi connectivity index (χ2n) is 10.8. The highest BCUT2D eigenvalue weighted by atomic mass is 19.3. The van der Waals surface area contributed by atoms with Gasteiger partial charge in [-0.1, -0.05) is 6.07 Å². The second-order valence-corrected chi connectivity index (χ2v) is 10.8. The van der Waals surface area contributed by atoms with Crippen molar-refractivity contribution >= 4 is 17.3 Å². The zero-order valence-corrected chi connectivity index (χ0v) is 21.5. The molecule has 9 nitrogen and oxygen atoms in total. The summed E-state index contributed by atoms with van der Waals surface area (Å²) >= 11 is 0. The Labute approximate surface area is 223 Å². The summed E-state index contributed by atoms with van der Waals surface area (Å²) in [5.41, 5.74) is 8.74. The number of alkyl halides is 2. The molecule has 1 spiro atoms. The largest absolute Gasteiger partial charge is 0.474 e. The molecule has 4 aromatic heterocycles. The fraction of sp³-hybridized carbons (Fsp3) is 0.357. The molecule has 4 heterocycles. The van der Waals surface area contributed by atoms with Gasteiger partial charge in [-0.3, -0.25) is 14.0 Å². The average molecular weight is 535 g/mol. The van der Waals surface area contributed by atoms with Crippen molar-refractivity contribution in [2.45, 2.75) is 51.2 Å². The number of carbonyl (C=O) groups is 2. The van der Waals surface area contributed by atoms with Crippen LogP contribution >= 0.6 is 0 Å². The smallest absolute Gasteiger partial charge is 0.295 e. The van der Waals surface area contributed by atoms with Crippen LogP contribution in [0.3, 0.4) is 0 Å². The summed E-state index contributed by atoms with van der Waals surface area (Å²) in [6.45, 7) is 1.96. The van der Waals surface area contributed by atoms with Crippen molar-refractivity contribution in [2.75, 3.05) is 0 Å². The van der Waals surface area contributed by atoms with E-state index >= 15 is 0 Å². The van der Waals surface area contributed by atoms with Crippen LogP contribution in [-0.2, 0) is 7.05 Å². The van der Waals surface area contributed by atoms with E-state index in [4.69, 9.17) is 10.5 Å². The van der Waals surface area contributed by atoms with Crippen LogP contribution in [0.25, 0.3) is 16.6 Å². The van der Waals surface area contributed by atoms with Gasteiger partial charge in [0.15, 0.2) is 11.5 Å². The summed E-state index contributed by atoms with van der Waals surface area (Å²) in [6, 6.07) is 6.63. The molecule has 6 rings (SSSR count). The van der Waals surface area contributed by atoms with E-state index in [1.165, 1.54) is 4.40 Å². The molecule has 0 saturated heterocycles. The number of halogens is 2. The minimum Gasteiger partial charge on any atom is -0.474 e. The van der Waals surface area contributed by atoms with Gasteiger partial charge in [0.1, 0.15) is 11.7 Å². The fourth-order valence-corrected chi connectivity index (χ4v) is 6.10. The molecule has 2 fully saturated rings. The van der Waals surface area contributed by atoms with Gasteiger partial charge >= 0.3 is 0 Å². The third-order valence-electron chi connectivity index (χ3n) is 7.87. The summed E-state index contributed by atoms with van der Waals surface area (Å²) in [6.07, 6.45) is 7.20. The number of carbonyl (C=O) groups excluding carboxylic acids is 2. The number of aromatic nitrogens is 4. The van der Waals surface area contributed by atoms with Crippen LogP contribution in [0.5, 0.6) is 5.88 Å². The molecule has 39 heavy (non-hydrogen) atoms. The van der Waals surface area contributed by atoms with Crippen molar-refractivity contribution in [3.05, 3.63) is 71.7 Å². The SMILES string of the molecule is Cc1cn(C)cc1-c1ccc2c(C(=O)NC3CC4(C3)CC(Oc3ncccc3C(N)=O)C4)nc(C(F)F)n2c1. The van der Waals surface area contributed by atoms with Crippen molar-refractivity contribution in [3.8, 4) is 17.0 Å². The highest BCUT2D eigenvalue weighted by Crippen LogP contribution is 2.56. The predicted octanol–water partition coefficient (Wildman–Crippen LogP) is 4.20. The summed E-state index contributed by atoms with van der Waals surface area (Å²) < 4.78 is 36.9. The van der Waals surface area contributed by atoms with Crippen LogP contribution in [0.15, 0.2) is 49.1 Å². The maximum absolute atomic E-state index is 13.9. The van der Waals surface area contributed by atoms with Gasteiger partial charge in [0, 0.05) is 49.0 Å². The lowest BCUT2D eigenvalue weighted by Crippen LogP contribution is -2.58.